The second kappa shape index (κ2) is 13.0. The molecule has 43 heavy (non-hydrogen) atoms. The van der Waals surface area contributed by atoms with E-state index < -0.39 is 11.9 Å². The lowest BCUT2D eigenvalue weighted by atomic mass is 9.85. The number of nitrogens with one attached hydrogen (secondary N) is 1. The SMILES string of the molecule is CCOC(=O)Cn1c(CNCC(=O)c2ccc(OC)cc2)c(C2=CCCc3c(OC)cccc32)c2ccc(C(=O)O)cc21. The molecule has 0 atom stereocenters. The summed E-state index contributed by atoms with van der Waals surface area (Å²) in [6.45, 7) is 2.13. The predicted molar refractivity (Wildman–Crippen MR) is 163 cm³/mol. The molecule has 1 heterocycles. The fourth-order valence-electron chi connectivity index (χ4n) is 5.68. The molecule has 1 aromatic heterocycles. The van der Waals surface area contributed by atoms with Gasteiger partial charge in [0.1, 0.15) is 18.0 Å². The number of esters is 1. The predicted octanol–water partition coefficient (Wildman–Crippen LogP) is 5.27. The van der Waals surface area contributed by atoms with Gasteiger partial charge in [-0.25, -0.2) is 4.79 Å². The minimum absolute atomic E-state index is 0.0521. The Morgan fingerprint density at radius 3 is 2.44 bits per heavy atom. The third-order valence-corrected chi connectivity index (χ3v) is 7.66. The van der Waals surface area contributed by atoms with Gasteiger partial charge in [0.2, 0.25) is 0 Å². The van der Waals surface area contributed by atoms with Crippen LogP contribution in [0.4, 0.5) is 0 Å². The standard InChI is InChI=1S/C34H34N2O7/c1-4-43-32(38)20-36-28-17-22(34(39)40)13-16-27(28)33(26-9-5-8-25-24(26)7-6-10-31(25)42-3)29(36)18-35-19-30(37)21-11-14-23(41-2)15-12-21/h6-7,9-17,35H,4-5,8,18-20H2,1-3H3,(H,39,40). The van der Waals surface area contributed by atoms with E-state index in [-0.39, 0.29) is 37.6 Å². The Morgan fingerprint density at radius 2 is 1.74 bits per heavy atom. The summed E-state index contributed by atoms with van der Waals surface area (Å²) in [4.78, 5) is 37.8. The number of ether oxygens (including phenoxy) is 3. The minimum atomic E-state index is -1.07. The van der Waals surface area contributed by atoms with Crippen molar-refractivity contribution in [2.45, 2.75) is 32.9 Å². The Hall–Kier alpha value is -4.89. The molecule has 0 unspecified atom stereocenters. The molecule has 0 amide bonds. The van der Waals surface area contributed by atoms with E-state index in [0.29, 0.717) is 16.8 Å². The van der Waals surface area contributed by atoms with Gasteiger partial charge in [-0.15, -0.1) is 0 Å². The van der Waals surface area contributed by atoms with Gasteiger partial charge in [-0.2, -0.15) is 0 Å². The summed E-state index contributed by atoms with van der Waals surface area (Å²) in [7, 11) is 3.22. The van der Waals surface area contributed by atoms with E-state index in [9.17, 15) is 19.5 Å². The van der Waals surface area contributed by atoms with E-state index in [1.807, 2.05) is 18.2 Å². The molecular formula is C34H34N2O7. The highest BCUT2D eigenvalue weighted by Crippen LogP contribution is 2.41. The maximum atomic E-state index is 13.0. The molecule has 1 aliphatic rings. The number of hydrogen-bond acceptors (Lipinski definition) is 7. The van der Waals surface area contributed by atoms with E-state index in [1.165, 1.54) is 0 Å². The van der Waals surface area contributed by atoms with Gasteiger partial charge in [-0.05, 0) is 73.4 Å². The number of aromatic nitrogens is 1. The van der Waals surface area contributed by atoms with Gasteiger partial charge in [-0.1, -0.05) is 24.3 Å². The normalized spacial score (nSPS) is 12.4. The number of benzene rings is 3. The number of ketones is 1. The van der Waals surface area contributed by atoms with E-state index in [4.69, 9.17) is 14.2 Å². The number of hydrogen-bond donors (Lipinski definition) is 2. The first-order valence-corrected chi connectivity index (χ1v) is 14.1. The topological polar surface area (TPSA) is 116 Å². The van der Waals surface area contributed by atoms with Crippen molar-refractivity contribution >= 4 is 34.2 Å². The molecule has 4 aromatic rings. The summed E-state index contributed by atoms with van der Waals surface area (Å²) in [6.07, 6.45) is 3.77. The van der Waals surface area contributed by atoms with Crippen LogP contribution in [0.5, 0.6) is 11.5 Å². The number of carboxylic acid groups (broad SMARTS) is 1. The number of carbonyl (C=O) groups excluding carboxylic acids is 2. The van der Waals surface area contributed by atoms with Gasteiger partial charge in [0.15, 0.2) is 5.78 Å². The van der Waals surface area contributed by atoms with Gasteiger partial charge in [0.25, 0.3) is 0 Å². The molecule has 222 valence electrons. The fourth-order valence-corrected chi connectivity index (χ4v) is 5.68. The van der Waals surface area contributed by atoms with E-state index in [1.54, 1.807) is 68.2 Å². The Morgan fingerprint density at radius 1 is 0.977 bits per heavy atom. The molecule has 0 saturated heterocycles. The van der Waals surface area contributed by atoms with Crippen LogP contribution in [0.1, 0.15) is 56.4 Å². The number of methoxy groups -OCH3 is 2. The van der Waals surface area contributed by atoms with Crippen molar-refractivity contribution in [2.75, 3.05) is 27.4 Å². The van der Waals surface area contributed by atoms with Crippen molar-refractivity contribution in [1.29, 1.82) is 0 Å². The zero-order chi connectivity index (χ0) is 30.5. The monoisotopic (exact) mass is 582 g/mol. The average Bonchev–Trinajstić information content (AvgIpc) is 3.32. The zero-order valence-corrected chi connectivity index (χ0v) is 24.4. The summed E-state index contributed by atoms with van der Waals surface area (Å²) in [6, 6.07) is 17.8. The third kappa shape index (κ3) is 6.03. The second-order valence-corrected chi connectivity index (χ2v) is 10.1. The highest BCUT2D eigenvalue weighted by molar-refractivity contribution is 6.03. The molecule has 0 radical (unpaired) electrons. The minimum Gasteiger partial charge on any atom is -0.497 e. The van der Waals surface area contributed by atoms with Crippen LogP contribution in [0.2, 0.25) is 0 Å². The Bertz CT molecular complexity index is 1720. The van der Waals surface area contributed by atoms with Crippen LogP contribution in [-0.4, -0.2) is 54.8 Å². The Kier molecular flexibility index (Phi) is 8.92. The van der Waals surface area contributed by atoms with Crippen LogP contribution in [0, 0.1) is 0 Å². The van der Waals surface area contributed by atoms with E-state index in [2.05, 4.69) is 11.4 Å². The first-order valence-electron chi connectivity index (χ1n) is 14.1. The first-order chi connectivity index (χ1) is 20.9. The third-order valence-electron chi connectivity index (χ3n) is 7.66. The number of allylic oxidation sites excluding steroid dienone is 1. The molecule has 9 nitrogen and oxygen atoms in total. The van der Waals surface area contributed by atoms with Gasteiger partial charge < -0.3 is 29.2 Å². The van der Waals surface area contributed by atoms with Gasteiger partial charge in [0, 0.05) is 34.3 Å². The number of nitrogens with zero attached hydrogens (tertiary/aromatic N) is 1. The number of rotatable bonds is 12. The average molecular weight is 583 g/mol. The number of fused-ring (bicyclic) bond motifs is 2. The Balaban J connectivity index is 1.62. The lowest BCUT2D eigenvalue weighted by Gasteiger charge is -2.22. The molecular weight excluding hydrogens is 548 g/mol. The summed E-state index contributed by atoms with van der Waals surface area (Å²) < 4.78 is 18.0. The summed E-state index contributed by atoms with van der Waals surface area (Å²) in [5, 5.41) is 13.9. The first kappa shape index (κ1) is 29.6. The van der Waals surface area contributed by atoms with Crippen molar-refractivity contribution in [3.63, 3.8) is 0 Å². The highest BCUT2D eigenvalue weighted by Gasteiger charge is 2.27. The van der Waals surface area contributed by atoms with Crippen LogP contribution in [0.15, 0.2) is 66.7 Å². The van der Waals surface area contributed by atoms with Crippen LogP contribution in [0.3, 0.4) is 0 Å². The van der Waals surface area contributed by atoms with Crippen LogP contribution >= 0.6 is 0 Å². The molecule has 0 spiro atoms. The van der Waals surface area contributed by atoms with Crippen LogP contribution < -0.4 is 14.8 Å². The maximum Gasteiger partial charge on any atom is 0.335 e. The smallest absolute Gasteiger partial charge is 0.335 e. The fraction of sp³-hybridized carbons (Fsp3) is 0.265. The van der Waals surface area contributed by atoms with Crippen molar-refractivity contribution in [1.82, 2.24) is 9.88 Å². The number of carboxylic acids is 1. The number of Topliss-reactive ketones (excluding diaryl/α,β-unsaturated/α-hetero) is 1. The van der Waals surface area contributed by atoms with Crippen LogP contribution in [0.25, 0.3) is 16.5 Å². The van der Waals surface area contributed by atoms with Crippen molar-refractivity contribution in [2.24, 2.45) is 0 Å². The lowest BCUT2D eigenvalue weighted by Crippen LogP contribution is -2.25. The van der Waals surface area contributed by atoms with Crippen molar-refractivity contribution < 1.29 is 33.7 Å². The summed E-state index contributed by atoms with van der Waals surface area (Å²) >= 11 is 0. The molecule has 2 N–H and O–H groups in total. The second-order valence-electron chi connectivity index (χ2n) is 10.1. The largest absolute Gasteiger partial charge is 0.497 e. The van der Waals surface area contributed by atoms with E-state index in [0.717, 1.165) is 51.9 Å². The van der Waals surface area contributed by atoms with Crippen LogP contribution in [-0.2, 0) is 29.0 Å². The van der Waals surface area contributed by atoms with Gasteiger partial charge in [0.05, 0.1) is 38.5 Å². The highest BCUT2D eigenvalue weighted by atomic mass is 16.5. The lowest BCUT2D eigenvalue weighted by molar-refractivity contribution is -0.143. The molecule has 9 heteroatoms. The zero-order valence-electron chi connectivity index (χ0n) is 24.4. The summed E-state index contributed by atoms with van der Waals surface area (Å²) in [5.74, 6) is -0.143. The summed E-state index contributed by atoms with van der Waals surface area (Å²) in [5.41, 5.74) is 5.93. The van der Waals surface area contributed by atoms with Gasteiger partial charge in [-0.3, -0.25) is 9.59 Å². The Labute approximate surface area is 249 Å². The number of aromatic carboxylic acids is 1. The number of carbonyl (C=O) groups is 3. The van der Waals surface area contributed by atoms with Crippen molar-refractivity contribution in [3.8, 4) is 11.5 Å². The molecule has 0 saturated carbocycles. The van der Waals surface area contributed by atoms with Gasteiger partial charge >= 0.3 is 11.9 Å². The quantitative estimate of drug-likeness (QED) is 0.172. The molecule has 0 bridgehead atoms. The molecule has 1 aliphatic carbocycles. The molecule has 0 fully saturated rings. The molecule has 5 rings (SSSR count). The van der Waals surface area contributed by atoms with Crippen molar-refractivity contribution in [3.05, 3.63) is 100 Å². The molecule has 3 aromatic carbocycles. The molecule has 0 aliphatic heterocycles. The maximum absolute atomic E-state index is 13.0. The van der Waals surface area contributed by atoms with E-state index >= 15 is 0 Å².